The number of carbonyl (C=O) groups is 1. The molecule has 174 valence electrons. The molecule has 2 fully saturated rings. The number of hydrogen-bond donors (Lipinski definition) is 3. The van der Waals surface area contributed by atoms with Gasteiger partial charge in [0.05, 0.1) is 35.9 Å². The van der Waals surface area contributed by atoms with E-state index in [9.17, 15) is 4.79 Å². The number of imidazole rings is 1. The minimum Gasteiger partial charge on any atom is -0.379 e. The van der Waals surface area contributed by atoms with E-state index in [0.29, 0.717) is 41.1 Å². The quantitative estimate of drug-likeness (QED) is 0.560. The highest BCUT2D eigenvalue weighted by atomic mass is 35.5. The number of H-pyrrole nitrogens is 1. The van der Waals surface area contributed by atoms with E-state index in [4.69, 9.17) is 27.4 Å². The minimum atomic E-state index is -0.267. The summed E-state index contributed by atoms with van der Waals surface area (Å²) in [6.07, 6.45) is 12.7. The minimum absolute atomic E-state index is 0.0832. The molecule has 2 aromatic rings. The molecule has 2 aliphatic heterocycles. The molecule has 0 spiro atoms. The third-order valence-corrected chi connectivity index (χ3v) is 7.88. The van der Waals surface area contributed by atoms with E-state index < -0.39 is 0 Å². The summed E-state index contributed by atoms with van der Waals surface area (Å²) in [5.41, 5.74) is 7.79. The van der Waals surface area contributed by atoms with Crippen molar-refractivity contribution < 1.29 is 4.79 Å². The standard InChI is InChI=1S/C23H29ClN8O/c24-17-10-26-23-21(20(17)28-18-8-13-1-2-14(18)7-13)29-22(30-23)15-9-27-32(11-15)16-3-5-31(6-4-16)12-19(25)33/h1-2,9-10,13-16,18H,3-8,11-12H2,(H2,25,33)(H2,26,28,29,30). The topological polar surface area (TPSA) is 116 Å². The van der Waals surface area contributed by atoms with Gasteiger partial charge in [0, 0.05) is 31.4 Å². The third kappa shape index (κ3) is 3.97. The average molecular weight is 469 g/mol. The molecular formula is C23H29ClN8O. The Morgan fingerprint density at radius 1 is 1.27 bits per heavy atom. The number of nitrogens with one attached hydrogen (secondary N) is 2. The number of pyridine rings is 1. The monoisotopic (exact) mass is 468 g/mol. The summed E-state index contributed by atoms with van der Waals surface area (Å²) in [4.78, 5) is 26.0. The van der Waals surface area contributed by atoms with Gasteiger partial charge in [-0.1, -0.05) is 23.8 Å². The Bertz CT molecular complexity index is 1120. The molecule has 4 atom stereocenters. The molecule has 2 aromatic heterocycles. The van der Waals surface area contributed by atoms with Crippen LogP contribution in [0.15, 0.2) is 23.5 Å². The van der Waals surface area contributed by atoms with Crippen LogP contribution < -0.4 is 11.1 Å². The van der Waals surface area contributed by atoms with Gasteiger partial charge in [0.1, 0.15) is 11.3 Å². The van der Waals surface area contributed by atoms with E-state index in [1.54, 1.807) is 6.20 Å². The molecule has 0 aromatic carbocycles. The highest BCUT2D eigenvalue weighted by Gasteiger charge is 2.36. The van der Waals surface area contributed by atoms with Crippen molar-refractivity contribution in [3.8, 4) is 0 Å². The summed E-state index contributed by atoms with van der Waals surface area (Å²) in [6, 6.07) is 0.772. The van der Waals surface area contributed by atoms with E-state index in [2.05, 4.69) is 37.3 Å². The predicted octanol–water partition coefficient (Wildman–Crippen LogP) is 2.32. The molecule has 4 unspecified atom stereocenters. The van der Waals surface area contributed by atoms with Crippen LogP contribution in [0, 0.1) is 11.8 Å². The fraction of sp³-hybridized carbons (Fsp3) is 0.565. The van der Waals surface area contributed by atoms with Crippen LogP contribution >= 0.6 is 11.6 Å². The number of halogens is 1. The molecule has 4 heterocycles. The first-order chi connectivity index (χ1) is 16.0. The Labute approximate surface area is 197 Å². The Kier molecular flexibility index (Phi) is 5.25. The molecule has 33 heavy (non-hydrogen) atoms. The van der Waals surface area contributed by atoms with E-state index in [1.807, 2.05) is 6.21 Å². The zero-order valence-corrected chi connectivity index (χ0v) is 19.2. The van der Waals surface area contributed by atoms with Gasteiger partial charge in [-0.2, -0.15) is 5.10 Å². The number of nitrogens with two attached hydrogens (primary N) is 1. The second-order valence-electron chi connectivity index (χ2n) is 9.80. The molecule has 2 aliphatic carbocycles. The van der Waals surface area contributed by atoms with Crippen molar-refractivity contribution in [1.29, 1.82) is 0 Å². The summed E-state index contributed by atoms with van der Waals surface area (Å²) in [7, 11) is 0. The van der Waals surface area contributed by atoms with Crippen LogP contribution in [0.25, 0.3) is 11.2 Å². The summed E-state index contributed by atoms with van der Waals surface area (Å²) in [5.74, 6) is 1.94. The second-order valence-corrected chi connectivity index (χ2v) is 10.2. The third-order valence-electron chi connectivity index (χ3n) is 7.59. The Balaban J connectivity index is 1.15. The van der Waals surface area contributed by atoms with Gasteiger partial charge in [-0.3, -0.25) is 14.7 Å². The lowest BCUT2D eigenvalue weighted by Crippen LogP contribution is -2.45. The molecule has 1 amide bonds. The number of amides is 1. The fourth-order valence-corrected chi connectivity index (χ4v) is 6.06. The molecule has 6 rings (SSSR count). The molecule has 0 radical (unpaired) electrons. The Morgan fingerprint density at radius 3 is 2.85 bits per heavy atom. The van der Waals surface area contributed by atoms with Gasteiger partial charge in [-0.25, -0.2) is 9.97 Å². The average Bonchev–Trinajstić information content (AvgIpc) is 3.59. The van der Waals surface area contributed by atoms with Gasteiger partial charge in [0.2, 0.25) is 5.91 Å². The number of allylic oxidation sites excluding steroid dienone is 1. The number of fused-ring (bicyclic) bond motifs is 3. The highest BCUT2D eigenvalue weighted by molar-refractivity contribution is 6.34. The molecular weight excluding hydrogens is 440 g/mol. The van der Waals surface area contributed by atoms with Gasteiger partial charge < -0.3 is 16.0 Å². The summed E-state index contributed by atoms with van der Waals surface area (Å²) < 4.78 is 0. The Morgan fingerprint density at radius 2 is 2.12 bits per heavy atom. The molecule has 10 heteroatoms. The smallest absolute Gasteiger partial charge is 0.231 e. The molecule has 4 N–H and O–H groups in total. The van der Waals surface area contributed by atoms with Crippen LogP contribution in [-0.2, 0) is 4.79 Å². The van der Waals surface area contributed by atoms with Crippen LogP contribution in [0.2, 0.25) is 5.02 Å². The van der Waals surface area contributed by atoms with Gasteiger partial charge in [0.15, 0.2) is 5.65 Å². The first-order valence-corrected chi connectivity index (χ1v) is 12.2. The molecule has 4 aliphatic rings. The van der Waals surface area contributed by atoms with Crippen LogP contribution in [0.1, 0.15) is 37.4 Å². The van der Waals surface area contributed by atoms with Crippen molar-refractivity contribution in [3.63, 3.8) is 0 Å². The number of rotatable bonds is 6. The Hall–Kier alpha value is -2.65. The van der Waals surface area contributed by atoms with Crippen molar-refractivity contribution in [2.45, 2.75) is 43.7 Å². The maximum Gasteiger partial charge on any atom is 0.231 e. The van der Waals surface area contributed by atoms with Gasteiger partial charge in [-0.05, 0) is 37.5 Å². The van der Waals surface area contributed by atoms with E-state index in [1.165, 1.54) is 6.42 Å². The van der Waals surface area contributed by atoms with Crippen LogP contribution in [0.4, 0.5) is 5.69 Å². The van der Waals surface area contributed by atoms with Crippen LogP contribution in [-0.4, -0.2) is 75.2 Å². The zero-order chi connectivity index (χ0) is 22.5. The van der Waals surface area contributed by atoms with Crippen molar-refractivity contribution in [1.82, 2.24) is 24.9 Å². The summed E-state index contributed by atoms with van der Waals surface area (Å²) in [5, 5.41) is 11.2. The highest BCUT2D eigenvalue weighted by Crippen LogP contribution is 2.42. The number of aromatic amines is 1. The zero-order valence-electron chi connectivity index (χ0n) is 18.5. The summed E-state index contributed by atoms with van der Waals surface area (Å²) >= 11 is 6.56. The van der Waals surface area contributed by atoms with Crippen molar-refractivity contribution in [3.05, 3.63) is 29.2 Å². The molecule has 9 nitrogen and oxygen atoms in total. The normalized spacial score (nSPS) is 29.5. The number of aromatic nitrogens is 3. The molecule has 1 saturated carbocycles. The van der Waals surface area contributed by atoms with E-state index in [-0.39, 0.29) is 11.8 Å². The summed E-state index contributed by atoms with van der Waals surface area (Å²) in [6.45, 7) is 2.85. The van der Waals surface area contributed by atoms with E-state index >= 15 is 0 Å². The maximum absolute atomic E-state index is 11.2. The largest absolute Gasteiger partial charge is 0.379 e. The molecule has 1 saturated heterocycles. The number of hydrazone groups is 1. The first-order valence-electron chi connectivity index (χ1n) is 11.8. The first kappa shape index (κ1) is 20.9. The van der Waals surface area contributed by atoms with Crippen molar-refractivity contribution in [2.24, 2.45) is 22.7 Å². The van der Waals surface area contributed by atoms with Gasteiger partial charge in [-0.15, -0.1) is 0 Å². The predicted molar refractivity (Wildman–Crippen MR) is 128 cm³/mol. The number of hydrogen-bond acceptors (Lipinski definition) is 7. The van der Waals surface area contributed by atoms with Gasteiger partial charge in [0.25, 0.3) is 0 Å². The van der Waals surface area contributed by atoms with Crippen molar-refractivity contribution in [2.75, 3.05) is 31.5 Å². The lowest BCUT2D eigenvalue weighted by atomic mass is 10.0. The SMILES string of the molecule is NC(=O)CN1CCC(N2CC(c3nc4ncc(Cl)c(NC5CC6C=CC5C6)c4[nH]3)C=N2)CC1. The number of carbonyl (C=O) groups excluding carboxylic acids is 1. The fourth-order valence-electron chi connectivity index (χ4n) is 5.86. The second kappa shape index (κ2) is 8.29. The number of likely N-dealkylation sites (tertiary alicyclic amines) is 1. The lowest BCUT2D eigenvalue weighted by molar-refractivity contribution is -0.119. The maximum atomic E-state index is 11.2. The van der Waals surface area contributed by atoms with Crippen molar-refractivity contribution >= 4 is 40.6 Å². The number of nitrogens with zero attached hydrogens (tertiary/aromatic N) is 5. The number of piperidine rings is 1. The van der Waals surface area contributed by atoms with Crippen LogP contribution in [0.3, 0.4) is 0 Å². The number of primary amides is 1. The van der Waals surface area contributed by atoms with Crippen LogP contribution in [0.5, 0.6) is 0 Å². The number of anilines is 1. The van der Waals surface area contributed by atoms with E-state index in [0.717, 1.165) is 55.9 Å². The molecule has 2 bridgehead atoms. The lowest BCUT2D eigenvalue weighted by Gasteiger charge is -2.35. The van der Waals surface area contributed by atoms with Gasteiger partial charge >= 0.3 is 0 Å².